The van der Waals surface area contributed by atoms with Crippen LogP contribution in [-0.2, 0) is 6.42 Å². The van der Waals surface area contributed by atoms with Crippen molar-refractivity contribution >= 4 is 16.3 Å². The normalized spacial score (nSPS) is 12.8. The lowest BCUT2D eigenvalue weighted by Crippen LogP contribution is -1.88. The van der Waals surface area contributed by atoms with Crippen LogP contribution in [0.5, 0.6) is 5.75 Å². The predicted molar refractivity (Wildman–Crippen MR) is 67.9 cm³/mol. The highest BCUT2D eigenvalue weighted by Crippen LogP contribution is 2.39. The number of aromatic nitrogens is 2. The zero-order chi connectivity index (χ0) is 11.4. The highest BCUT2D eigenvalue weighted by Gasteiger charge is 2.24. The largest absolute Gasteiger partial charge is 0.497 e. The first kappa shape index (κ1) is 9.24. The minimum Gasteiger partial charge on any atom is -0.497 e. The van der Waals surface area contributed by atoms with Crippen LogP contribution in [-0.4, -0.2) is 16.5 Å². The van der Waals surface area contributed by atoms with Crippen molar-refractivity contribution in [2.45, 2.75) is 6.42 Å². The van der Waals surface area contributed by atoms with Gasteiger partial charge in [-0.3, -0.25) is 4.40 Å². The first-order valence-electron chi connectivity index (χ1n) is 5.48. The van der Waals surface area contributed by atoms with E-state index in [9.17, 15) is 0 Å². The lowest BCUT2D eigenvalue weighted by molar-refractivity contribution is 0.415. The number of nitrogens with zero attached hydrogens (tertiary/aromatic N) is 2. The zero-order valence-electron chi connectivity index (χ0n) is 9.30. The standard InChI is InChI=1S/C13H10N2OS/c1-16-9-3-2-8-6-11-12(10(8)7-9)14-13-15(11)4-5-17-13/h2-5,7H,6H2,1H3. The maximum atomic E-state index is 5.28. The first-order valence-corrected chi connectivity index (χ1v) is 6.36. The van der Waals surface area contributed by atoms with Crippen LogP contribution in [0.15, 0.2) is 29.8 Å². The molecule has 0 amide bonds. The highest BCUT2D eigenvalue weighted by molar-refractivity contribution is 7.15. The number of ether oxygens (including phenoxy) is 1. The monoisotopic (exact) mass is 242 g/mol. The molecule has 0 saturated carbocycles. The van der Waals surface area contributed by atoms with Gasteiger partial charge in [0, 0.05) is 23.6 Å². The van der Waals surface area contributed by atoms with Crippen LogP contribution in [0.3, 0.4) is 0 Å². The van der Waals surface area contributed by atoms with E-state index >= 15 is 0 Å². The number of thiazole rings is 1. The van der Waals surface area contributed by atoms with Crippen LogP contribution >= 0.6 is 11.3 Å². The van der Waals surface area contributed by atoms with Crippen LogP contribution in [0, 0.1) is 0 Å². The van der Waals surface area contributed by atoms with Gasteiger partial charge in [0.1, 0.15) is 5.75 Å². The van der Waals surface area contributed by atoms with Crippen molar-refractivity contribution in [2.24, 2.45) is 0 Å². The molecule has 3 aromatic rings. The van der Waals surface area contributed by atoms with Crippen LogP contribution in [0.1, 0.15) is 11.3 Å². The van der Waals surface area contributed by atoms with E-state index in [1.54, 1.807) is 18.4 Å². The van der Waals surface area contributed by atoms with Gasteiger partial charge in [0.15, 0.2) is 4.96 Å². The Morgan fingerprint density at radius 3 is 3.24 bits per heavy atom. The molecule has 0 aliphatic heterocycles. The third-order valence-electron chi connectivity index (χ3n) is 3.29. The maximum Gasteiger partial charge on any atom is 0.194 e. The van der Waals surface area contributed by atoms with Gasteiger partial charge in [-0.15, -0.1) is 11.3 Å². The van der Waals surface area contributed by atoms with Gasteiger partial charge in [-0.1, -0.05) is 6.07 Å². The molecule has 1 aliphatic carbocycles. The van der Waals surface area contributed by atoms with Crippen molar-refractivity contribution in [3.05, 3.63) is 41.0 Å². The zero-order valence-corrected chi connectivity index (χ0v) is 10.1. The summed E-state index contributed by atoms with van der Waals surface area (Å²) in [4.78, 5) is 5.77. The SMILES string of the molecule is COc1ccc2c(c1)-c1nc3sccn3c1C2. The van der Waals surface area contributed by atoms with Gasteiger partial charge >= 0.3 is 0 Å². The molecule has 0 N–H and O–H groups in total. The van der Waals surface area contributed by atoms with E-state index in [0.717, 1.165) is 22.8 Å². The van der Waals surface area contributed by atoms with Crippen molar-refractivity contribution in [1.29, 1.82) is 0 Å². The molecule has 17 heavy (non-hydrogen) atoms. The molecular formula is C13H10N2OS. The summed E-state index contributed by atoms with van der Waals surface area (Å²) < 4.78 is 7.47. The molecule has 84 valence electrons. The van der Waals surface area contributed by atoms with E-state index in [4.69, 9.17) is 9.72 Å². The molecule has 0 bridgehead atoms. The smallest absolute Gasteiger partial charge is 0.194 e. The third kappa shape index (κ3) is 1.13. The molecule has 3 nitrogen and oxygen atoms in total. The Kier molecular flexibility index (Phi) is 1.69. The van der Waals surface area contributed by atoms with Gasteiger partial charge in [0.05, 0.1) is 18.5 Å². The molecule has 0 saturated heterocycles. The molecule has 4 rings (SSSR count). The van der Waals surface area contributed by atoms with Crippen LogP contribution in [0.25, 0.3) is 16.2 Å². The van der Waals surface area contributed by atoms with E-state index in [-0.39, 0.29) is 0 Å². The van der Waals surface area contributed by atoms with Crippen molar-refractivity contribution in [2.75, 3.05) is 7.11 Å². The maximum absolute atomic E-state index is 5.28. The number of hydrogen-bond donors (Lipinski definition) is 0. The van der Waals surface area contributed by atoms with E-state index in [0.29, 0.717) is 0 Å². The molecule has 0 fully saturated rings. The van der Waals surface area contributed by atoms with Crippen molar-refractivity contribution in [1.82, 2.24) is 9.38 Å². The average molecular weight is 242 g/mol. The summed E-state index contributed by atoms with van der Waals surface area (Å²) in [7, 11) is 1.70. The summed E-state index contributed by atoms with van der Waals surface area (Å²) in [6, 6.07) is 6.23. The summed E-state index contributed by atoms with van der Waals surface area (Å²) >= 11 is 1.68. The topological polar surface area (TPSA) is 26.5 Å². The number of fused-ring (bicyclic) bond motifs is 5. The Morgan fingerprint density at radius 2 is 2.35 bits per heavy atom. The summed E-state index contributed by atoms with van der Waals surface area (Å²) in [5, 5.41) is 2.08. The van der Waals surface area contributed by atoms with E-state index < -0.39 is 0 Å². The highest BCUT2D eigenvalue weighted by atomic mass is 32.1. The van der Waals surface area contributed by atoms with Crippen LogP contribution in [0.2, 0.25) is 0 Å². The summed E-state index contributed by atoms with van der Waals surface area (Å²) in [5.74, 6) is 0.896. The van der Waals surface area contributed by atoms with Crippen LogP contribution in [0.4, 0.5) is 0 Å². The second-order valence-corrected chi connectivity index (χ2v) is 5.04. The van der Waals surface area contributed by atoms with Gasteiger partial charge < -0.3 is 4.74 Å². The molecule has 2 heterocycles. The number of methoxy groups -OCH3 is 1. The second kappa shape index (κ2) is 3.11. The quantitative estimate of drug-likeness (QED) is 0.513. The Labute approximate surface area is 102 Å². The molecule has 0 atom stereocenters. The molecule has 0 radical (unpaired) electrons. The Bertz CT molecular complexity index is 726. The Balaban J connectivity index is 2.01. The number of hydrogen-bond acceptors (Lipinski definition) is 3. The fourth-order valence-corrected chi connectivity index (χ4v) is 3.19. The van der Waals surface area contributed by atoms with Crippen LogP contribution < -0.4 is 4.74 Å². The van der Waals surface area contributed by atoms with Crippen molar-refractivity contribution < 1.29 is 4.74 Å². The van der Waals surface area contributed by atoms with E-state index in [1.807, 2.05) is 6.07 Å². The van der Waals surface area contributed by atoms with Gasteiger partial charge in [-0.25, -0.2) is 4.98 Å². The Hall–Kier alpha value is -1.81. The minimum absolute atomic E-state index is 0.896. The first-order chi connectivity index (χ1) is 8.36. The summed E-state index contributed by atoms with van der Waals surface area (Å²) in [5.41, 5.74) is 4.97. The van der Waals surface area contributed by atoms with Gasteiger partial charge in [0.25, 0.3) is 0 Å². The van der Waals surface area contributed by atoms with Gasteiger partial charge in [-0.05, 0) is 17.7 Å². The minimum atomic E-state index is 0.896. The number of benzene rings is 1. The molecule has 1 aliphatic rings. The van der Waals surface area contributed by atoms with Gasteiger partial charge in [-0.2, -0.15) is 0 Å². The van der Waals surface area contributed by atoms with Gasteiger partial charge in [0.2, 0.25) is 0 Å². The fraction of sp³-hybridized carbons (Fsp3) is 0.154. The fourth-order valence-electron chi connectivity index (χ4n) is 2.45. The predicted octanol–water partition coefficient (Wildman–Crippen LogP) is 2.98. The molecule has 0 unspecified atom stereocenters. The number of imidazole rings is 1. The van der Waals surface area contributed by atoms with Crippen molar-refractivity contribution in [3.8, 4) is 17.0 Å². The summed E-state index contributed by atoms with van der Waals surface area (Å²) in [6.07, 6.45) is 3.06. The number of rotatable bonds is 1. The lowest BCUT2D eigenvalue weighted by atomic mass is 10.1. The second-order valence-electron chi connectivity index (χ2n) is 4.16. The average Bonchev–Trinajstić information content (AvgIpc) is 2.99. The van der Waals surface area contributed by atoms with E-state index in [1.165, 1.54) is 16.8 Å². The lowest BCUT2D eigenvalue weighted by Gasteiger charge is -2.02. The Morgan fingerprint density at radius 1 is 1.41 bits per heavy atom. The third-order valence-corrected chi connectivity index (χ3v) is 4.05. The van der Waals surface area contributed by atoms with E-state index in [2.05, 4.69) is 28.1 Å². The molecular weight excluding hydrogens is 232 g/mol. The molecule has 2 aromatic heterocycles. The molecule has 0 spiro atoms. The molecule has 4 heteroatoms. The summed E-state index contributed by atoms with van der Waals surface area (Å²) in [6.45, 7) is 0. The molecule has 1 aromatic carbocycles. The van der Waals surface area contributed by atoms with Crippen molar-refractivity contribution in [3.63, 3.8) is 0 Å².